The Morgan fingerprint density at radius 1 is 0.562 bits per heavy atom. The molecule has 0 bridgehead atoms. The Morgan fingerprint density at radius 2 is 1.00 bits per heavy atom. The summed E-state index contributed by atoms with van der Waals surface area (Å²) in [6, 6.07) is -0.890. The number of rotatable bonds is 47. The van der Waals surface area contributed by atoms with Crippen LogP contribution in [0.2, 0.25) is 0 Å². The van der Waals surface area contributed by atoms with E-state index in [0.717, 1.165) is 103 Å². The number of hydrogen-bond acceptors (Lipinski definition) is 7. The molecular weight excluding hydrogens is 820 g/mol. The third-order valence-electron chi connectivity index (χ3n) is 11.5. The van der Waals surface area contributed by atoms with E-state index in [4.69, 9.17) is 13.8 Å². The summed E-state index contributed by atoms with van der Waals surface area (Å²) in [5, 5.41) is 3.00. The Balaban J connectivity index is 5.39. The summed E-state index contributed by atoms with van der Waals surface area (Å²) in [7, 11) is 1.17. The molecule has 0 spiro atoms. The molecule has 1 N–H and O–H groups in total. The fourth-order valence-corrected chi connectivity index (χ4v) is 8.14. The summed E-state index contributed by atoms with van der Waals surface area (Å²) >= 11 is 0. The number of phosphoric acid groups is 1. The standard InChI is InChI=1S/C54H101N2O7P/c1-7-10-13-16-19-22-25-26-27-28-29-32-34-37-40-43-46-53(57)55-51(50-62-64(59,60)61-49-48-56(4,5)6)52(45-42-39-36-33-30-23-20-17-14-11-8-2)63-54(58)47-44-41-38-35-31-24-21-18-15-12-9-3/h10,13,19,22,26-27,42,45,51-52H,7-9,11-12,14-18,20-21,23-25,28-41,43-44,46-50H2,1-6H3,(H-,55,57,59,60)/b13-10+,22-19+,27-26+,45-42-. The molecule has 374 valence electrons. The second-order valence-electron chi connectivity index (χ2n) is 19.0. The third-order valence-corrected chi connectivity index (χ3v) is 12.5. The summed E-state index contributed by atoms with van der Waals surface area (Å²) in [5.74, 6) is -0.556. The highest BCUT2D eigenvalue weighted by Gasteiger charge is 2.27. The first-order chi connectivity index (χ1) is 30.9. The van der Waals surface area contributed by atoms with Crippen LogP contribution >= 0.6 is 7.82 Å². The lowest BCUT2D eigenvalue weighted by Gasteiger charge is -2.30. The molecule has 0 aromatic rings. The molecule has 64 heavy (non-hydrogen) atoms. The van der Waals surface area contributed by atoms with Gasteiger partial charge >= 0.3 is 5.97 Å². The van der Waals surface area contributed by atoms with E-state index in [1.54, 1.807) is 0 Å². The fraction of sp³-hybridized carbons (Fsp3) is 0.815. The molecule has 0 radical (unpaired) electrons. The van der Waals surface area contributed by atoms with E-state index < -0.39 is 26.6 Å². The van der Waals surface area contributed by atoms with Crippen LogP contribution in [0.25, 0.3) is 0 Å². The van der Waals surface area contributed by atoms with Gasteiger partial charge in [-0.2, -0.15) is 0 Å². The van der Waals surface area contributed by atoms with Gasteiger partial charge in [-0.3, -0.25) is 14.2 Å². The van der Waals surface area contributed by atoms with Gasteiger partial charge in [0.15, 0.2) is 0 Å². The second-order valence-corrected chi connectivity index (χ2v) is 20.4. The average molecular weight is 921 g/mol. The van der Waals surface area contributed by atoms with Crippen LogP contribution in [0.5, 0.6) is 0 Å². The molecule has 0 aromatic carbocycles. The number of phosphoric ester groups is 1. The molecule has 0 aliphatic rings. The largest absolute Gasteiger partial charge is 0.756 e. The van der Waals surface area contributed by atoms with Crippen molar-refractivity contribution in [2.75, 3.05) is 40.9 Å². The molecule has 0 saturated carbocycles. The van der Waals surface area contributed by atoms with E-state index >= 15 is 0 Å². The predicted molar refractivity (Wildman–Crippen MR) is 270 cm³/mol. The smallest absolute Gasteiger partial charge is 0.306 e. The van der Waals surface area contributed by atoms with E-state index in [0.29, 0.717) is 17.4 Å². The number of carbonyl (C=O) groups excluding carboxylic acids is 2. The lowest BCUT2D eigenvalue weighted by molar-refractivity contribution is -0.870. The number of esters is 1. The van der Waals surface area contributed by atoms with Crippen molar-refractivity contribution in [1.82, 2.24) is 5.32 Å². The van der Waals surface area contributed by atoms with Crippen LogP contribution in [-0.2, 0) is 27.9 Å². The molecule has 0 rings (SSSR count). The van der Waals surface area contributed by atoms with Gasteiger partial charge in [0.1, 0.15) is 19.3 Å². The highest BCUT2D eigenvalue weighted by Crippen LogP contribution is 2.38. The van der Waals surface area contributed by atoms with E-state index in [1.165, 1.54) is 96.3 Å². The van der Waals surface area contributed by atoms with Crippen molar-refractivity contribution >= 4 is 19.7 Å². The Labute approximate surface area is 395 Å². The molecule has 3 atom stereocenters. The topological polar surface area (TPSA) is 114 Å². The Bertz CT molecular complexity index is 1240. The van der Waals surface area contributed by atoms with Crippen LogP contribution in [0.3, 0.4) is 0 Å². The van der Waals surface area contributed by atoms with Crippen LogP contribution in [0.4, 0.5) is 0 Å². The molecule has 0 aromatic heterocycles. The lowest BCUT2D eigenvalue weighted by Crippen LogP contribution is -2.47. The number of nitrogens with one attached hydrogen (secondary N) is 1. The zero-order valence-corrected chi connectivity index (χ0v) is 43.4. The van der Waals surface area contributed by atoms with Gasteiger partial charge in [-0.1, -0.05) is 205 Å². The molecule has 1 amide bonds. The Morgan fingerprint density at radius 3 is 1.50 bits per heavy atom. The number of allylic oxidation sites excluding steroid dienone is 7. The minimum Gasteiger partial charge on any atom is -0.756 e. The summed E-state index contributed by atoms with van der Waals surface area (Å²) < 4.78 is 30.1. The number of unbranched alkanes of at least 4 members (excludes halogenated alkanes) is 25. The lowest BCUT2D eigenvalue weighted by atomic mass is 10.0. The van der Waals surface area contributed by atoms with Gasteiger partial charge in [0, 0.05) is 12.8 Å². The summed E-state index contributed by atoms with van der Waals surface area (Å²) in [6.07, 6.45) is 52.1. The minimum atomic E-state index is -4.69. The summed E-state index contributed by atoms with van der Waals surface area (Å²) in [5.41, 5.74) is 0. The van der Waals surface area contributed by atoms with Gasteiger partial charge < -0.3 is 28.5 Å². The monoisotopic (exact) mass is 921 g/mol. The zero-order valence-electron chi connectivity index (χ0n) is 42.5. The third kappa shape index (κ3) is 45.1. The number of carbonyl (C=O) groups is 2. The first-order valence-electron chi connectivity index (χ1n) is 26.4. The van der Waals surface area contributed by atoms with Crippen molar-refractivity contribution in [3.8, 4) is 0 Å². The first kappa shape index (κ1) is 62.0. The normalized spacial score (nSPS) is 14.3. The van der Waals surface area contributed by atoms with Crippen LogP contribution in [0.1, 0.15) is 233 Å². The molecule has 0 heterocycles. The maximum Gasteiger partial charge on any atom is 0.306 e. The number of quaternary nitrogens is 1. The van der Waals surface area contributed by atoms with E-state index in [2.05, 4.69) is 62.5 Å². The van der Waals surface area contributed by atoms with Crippen molar-refractivity contribution in [2.24, 2.45) is 0 Å². The van der Waals surface area contributed by atoms with Gasteiger partial charge in [0.25, 0.3) is 7.82 Å². The van der Waals surface area contributed by atoms with Gasteiger partial charge in [-0.15, -0.1) is 0 Å². The van der Waals surface area contributed by atoms with Gasteiger partial charge in [0.05, 0.1) is 33.8 Å². The maximum atomic E-state index is 13.4. The first-order valence-corrected chi connectivity index (χ1v) is 27.9. The van der Waals surface area contributed by atoms with E-state index in [-0.39, 0.29) is 24.9 Å². The van der Waals surface area contributed by atoms with Crippen molar-refractivity contribution in [2.45, 2.75) is 245 Å². The SMILES string of the molecule is CC/C=C/C/C=C/C/C=C/CCCCCCCCC(=O)NC(COP(=O)([O-])OCC[N+](C)(C)C)C(/C=C\CCCCCCCCCCC)OC(=O)CCCCCCCCCCCCC. The fourth-order valence-electron chi connectivity index (χ4n) is 7.42. The number of likely N-dealkylation sites (N-methyl/N-ethyl adjacent to an activating group) is 1. The zero-order chi connectivity index (χ0) is 47.3. The molecular formula is C54H101N2O7P. The van der Waals surface area contributed by atoms with Crippen molar-refractivity contribution in [3.05, 3.63) is 48.6 Å². The minimum absolute atomic E-state index is 0.0248. The van der Waals surface area contributed by atoms with Gasteiger partial charge in [-0.05, 0) is 63.9 Å². The summed E-state index contributed by atoms with van der Waals surface area (Å²) in [6.45, 7) is 6.70. The van der Waals surface area contributed by atoms with Crippen molar-refractivity contribution in [1.29, 1.82) is 0 Å². The molecule has 3 unspecified atom stereocenters. The van der Waals surface area contributed by atoms with Crippen LogP contribution in [0.15, 0.2) is 48.6 Å². The van der Waals surface area contributed by atoms with Gasteiger partial charge in [-0.25, -0.2) is 0 Å². The molecule has 0 aliphatic heterocycles. The van der Waals surface area contributed by atoms with Crippen LogP contribution in [0, 0.1) is 0 Å². The molecule has 0 fully saturated rings. The Hall–Kier alpha value is -2.03. The van der Waals surface area contributed by atoms with Gasteiger partial charge in [0.2, 0.25) is 5.91 Å². The molecule has 0 aliphatic carbocycles. The van der Waals surface area contributed by atoms with Crippen molar-refractivity contribution in [3.63, 3.8) is 0 Å². The van der Waals surface area contributed by atoms with Crippen molar-refractivity contribution < 1.29 is 37.3 Å². The highest BCUT2D eigenvalue weighted by atomic mass is 31.2. The number of nitrogens with zero attached hydrogens (tertiary/aromatic N) is 1. The van der Waals surface area contributed by atoms with Crippen LogP contribution < -0.4 is 10.2 Å². The summed E-state index contributed by atoms with van der Waals surface area (Å²) in [4.78, 5) is 39.6. The van der Waals surface area contributed by atoms with E-state index in [9.17, 15) is 19.0 Å². The number of amides is 1. The second kappa shape index (κ2) is 44.8. The number of hydrogen-bond donors (Lipinski definition) is 1. The quantitative estimate of drug-likeness (QED) is 0.0213. The maximum absolute atomic E-state index is 13.4. The molecule has 10 heteroatoms. The number of ether oxygens (including phenoxy) is 1. The van der Waals surface area contributed by atoms with Crippen LogP contribution in [-0.4, -0.2) is 69.4 Å². The average Bonchev–Trinajstić information content (AvgIpc) is 3.25. The predicted octanol–water partition coefficient (Wildman–Crippen LogP) is 14.7. The highest BCUT2D eigenvalue weighted by molar-refractivity contribution is 7.45. The Kier molecular flexibility index (Phi) is 43.4. The van der Waals surface area contributed by atoms with E-state index in [1.807, 2.05) is 33.3 Å². The molecule has 0 saturated heterocycles. The molecule has 9 nitrogen and oxygen atoms in total.